The van der Waals surface area contributed by atoms with Crippen molar-refractivity contribution in [2.24, 2.45) is 0 Å². The van der Waals surface area contributed by atoms with E-state index >= 15 is 0 Å². The molecular weight excluding hydrogens is 245 g/mol. The molecular formula is C4H3F7S2. The van der Waals surface area contributed by atoms with Crippen LogP contribution in [0.15, 0.2) is 0 Å². The largest absolute Gasteiger partial charge is 0.433 e. The smallest absolute Gasteiger partial charge is 0.220 e. The SMILES string of the molecule is FC(F)(F)C(S)C(F)(S)C(F)(F)F. The molecule has 0 spiro atoms. The fraction of sp³-hybridized carbons (Fsp3) is 1.00. The molecule has 0 amide bonds. The molecule has 0 aromatic carbocycles. The van der Waals surface area contributed by atoms with Crippen LogP contribution in [0.5, 0.6) is 0 Å². The van der Waals surface area contributed by atoms with E-state index in [1.807, 2.05) is 0 Å². The molecule has 0 nitrogen and oxygen atoms in total. The van der Waals surface area contributed by atoms with Crippen LogP contribution in [-0.2, 0) is 0 Å². The second-order valence-corrected chi connectivity index (χ2v) is 3.28. The number of thiol groups is 2. The number of rotatable bonds is 1. The highest BCUT2D eigenvalue weighted by atomic mass is 32.1. The lowest BCUT2D eigenvalue weighted by molar-refractivity contribution is -0.229. The van der Waals surface area contributed by atoms with E-state index in [0.717, 1.165) is 0 Å². The lowest BCUT2D eigenvalue weighted by Crippen LogP contribution is -2.50. The lowest BCUT2D eigenvalue weighted by Gasteiger charge is -2.29. The van der Waals surface area contributed by atoms with Crippen molar-refractivity contribution in [2.45, 2.75) is 22.6 Å². The van der Waals surface area contributed by atoms with Crippen molar-refractivity contribution in [2.75, 3.05) is 0 Å². The van der Waals surface area contributed by atoms with Gasteiger partial charge in [0.1, 0.15) is 0 Å². The summed E-state index contributed by atoms with van der Waals surface area (Å²) in [4.78, 5) is 0. The van der Waals surface area contributed by atoms with Gasteiger partial charge in [-0.25, -0.2) is 4.39 Å². The lowest BCUT2D eigenvalue weighted by atomic mass is 10.2. The third-order valence-corrected chi connectivity index (χ3v) is 2.43. The van der Waals surface area contributed by atoms with Gasteiger partial charge in [-0.3, -0.25) is 0 Å². The third kappa shape index (κ3) is 2.83. The highest BCUT2D eigenvalue weighted by Crippen LogP contribution is 2.47. The Morgan fingerprint density at radius 1 is 0.846 bits per heavy atom. The second-order valence-electron chi connectivity index (χ2n) is 2.12. The molecule has 0 aliphatic rings. The zero-order chi connectivity index (χ0) is 11.1. The molecule has 0 radical (unpaired) electrons. The van der Waals surface area contributed by atoms with Crippen LogP contribution in [0.1, 0.15) is 0 Å². The van der Waals surface area contributed by atoms with Crippen molar-refractivity contribution in [1.82, 2.24) is 0 Å². The molecule has 0 rings (SSSR count). The average Bonchev–Trinajstić information content (AvgIpc) is 1.81. The first-order chi connectivity index (χ1) is 5.40. The normalized spacial score (nSPS) is 21.0. The Morgan fingerprint density at radius 2 is 1.15 bits per heavy atom. The molecule has 0 aromatic rings. The van der Waals surface area contributed by atoms with Gasteiger partial charge in [-0.05, 0) is 0 Å². The fourth-order valence-corrected chi connectivity index (χ4v) is 0.665. The zero-order valence-corrected chi connectivity index (χ0v) is 7.41. The summed E-state index contributed by atoms with van der Waals surface area (Å²) in [5.74, 6) is 0. The van der Waals surface area contributed by atoms with Gasteiger partial charge in [0, 0.05) is 0 Å². The Balaban J connectivity index is 4.86. The van der Waals surface area contributed by atoms with Crippen molar-refractivity contribution in [3.63, 3.8) is 0 Å². The molecule has 13 heavy (non-hydrogen) atoms. The van der Waals surface area contributed by atoms with Gasteiger partial charge in [-0.1, -0.05) is 0 Å². The van der Waals surface area contributed by atoms with E-state index in [-0.39, 0.29) is 0 Å². The summed E-state index contributed by atoms with van der Waals surface area (Å²) in [5.41, 5.74) is 0. The Hall–Kier alpha value is 0.210. The summed E-state index contributed by atoms with van der Waals surface area (Å²) in [6.07, 6.45) is -11.1. The quantitative estimate of drug-likeness (QED) is 0.517. The van der Waals surface area contributed by atoms with Crippen LogP contribution in [0.4, 0.5) is 30.7 Å². The first kappa shape index (κ1) is 13.2. The maximum Gasteiger partial charge on any atom is 0.433 e. The van der Waals surface area contributed by atoms with Gasteiger partial charge in [0.05, 0.1) is 0 Å². The summed E-state index contributed by atoms with van der Waals surface area (Å²) in [5, 5.41) is -8.20. The highest BCUT2D eigenvalue weighted by Gasteiger charge is 2.65. The molecule has 0 saturated carbocycles. The maximum absolute atomic E-state index is 12.4. The summed E-state index contributed by atoms with van der Waals surface area (Å²) < 4.78 is 82.1. The van der Waals surface area contributed by atoms with Gasteiger partial charge < -0.3 is 0 Å². The van der Waals surface area contributed by atoms with Gasteiger partial charge in [-0.15, -0.1) is 12.6 Å². The number of alkyl halides is 7. The van der Waals surface area contributed by atoms with Crippen LogP contribution in [0.25, 0.3) is 0 Å². The van der Waals surface area contributed by atoms with Crippen molar-refractivity contribution >= 4 is 25.3 Å². The predicted octanol–water partition coefficient (Wildman–Crippen LogP) is 3.00. The first-order valence-electron chi connectivity index (χ1n) is 2.63. The minimum atomic E-state index is -5.72. The van der Waals surface area contributed by atoms with Crippen LogP contribution < -0.4 is 0 Å². The Morgan fingerprint density at radius 3 is 1.23 bits per heavy atom. The molecule has 0 N–H and O–H groups in total. The van der Waals surface area contributed by atoms with Gasteiger partial charge in [0.2, 0.25) is 0 Å². The summed E-state index contributed by atoms with van der Waals surface area (Å²) in [6.45, 7) is 0. The van der Waals surface area contributed by atoms with Crippen molar-refractivity contribution in [1.29, 1.82) is 0 Å². The molecule has 2 unspecified atom stereocenters. The van der Waals surface area contributed by atoms with E-state index in [4.69, 9.17) is 0 Å². The van der Waals surface area contributed by atoms with Crippen LogP contribution in [0, 0.1) is 0 Å². The molecule has 0 bridgehead atoms. The third-order valence-electron chi connectivity index (χ3n) is 1.07. The molecule has 0 heterocycles. The van der Waals surface area contributed by atoms with E-state index in [0.29, 0.717) is 0 Å². The van der Waals surface area contributed by atoms with Crippen molar-refractivity contribution in [3.05, 3.63) is 0 Å². The van der Waals surface area contributed by atoms with E-state index in [2.05, 4.69) is 25.3 Å². The van der Waals surface area contributed by atoms with E-state index in [1.165, 1.54) is 0 Å². The van der Waals surface area contributed by atoms with Gasteiger partial charge in [0.15, 0.2) is 5.25 Å². The van der Waals surface area contributed by atoms with Crippen LogP contribution in [0.2, 0.25) is 0 Å². The molecule has 9 heteroatoms. The zero-order valence-electron chi connectivity index (χ0n) is 5.62. The van der Waals surface area contributed by atoms with Gasteiger partial charge in [0.25, 0.3) is 5.00 Å². The summed E-state index contributed by atoms with van der Waals surface area (Å²) in [6, 6.07) is 0. The molecule has 0 aliphatic carbocycles. The number of halogens is 7. The number of hydrogen-bond donors (Lipinski definition) is 2. The summed E-state index contributed by atoms with van der Waals surface area (Å²) >= 11 is 4.76. The van der Waals surface area contributed by atoms with E-state index < -0.39 is 22.6 Å². The maximum atomic E-state index is 12.4. The monoisotopic (exact) mass is 248 g/mol. The number of hydrogen-bond acceptors (Lipinski definition) is 2. The first-order valence-corrected chi connectivity index (χ1v) is 3.60. The molecule has 0 saturated heterocycles. The topological polar surface area (TPSA) is 0 Å². The molecule has 80 valence electrons. The van der Waals surface area contributed by atoms with E-state index in [1.54, 1.807) is 0 Å². The standard InChI is InChI=1S/C4H3F7S2/c5-2(13,4(9,10)11)1(12)3(6,7)8/h1,12-13H. The molecule has 0 aliphatic heterocycles. The minimum absolute atomic E-state index is 2.27. The van der Waals surface area contributed by atoms with E-state index in [9.17, 15) is 30.7 Å². The van der Waals surface area contributed by atoms with Crippen LogP contribution in [-0.4, -0.2) is 22.6 Å². The molecule has 0 fully saturated rings. The van der Waals surface area contributed by atoms with Gasteiger partial charge >= 0.3 is 12.4 Å². The van der Waals surface area contributed by atoms with Crippen molar-refractivity contribution in [3.8, 4) is 0 Å². The Bertz CT molecular complexity index is 180. The van der Waals surface area contributed by atoms with Crippen LogP contribution >= 0.6 is 25.3 Å². The fourth-order valence-electron chi connectivity index (χ4n) is 0.372. The Kier molecular flexibility index (Phi) is 3.47. The highest BCUT2D eigenvalue weighted by molar-refractivity contribution is 7.85. The predicted molar refractivity (Wildman–Crippen MR) is 37.7 cm³/mol. The van der Waals surface area contributed by atoms with Crippen LogP contribution in [0.3, 0.4) is 0 Å². The minimum Gasteiger partial charge on any atom is -0.220 e. The summed E-state index contributed by atoms with van der Waals surface area (Å²) in [7, 11) is 0. The van der Waals surface area contributed by atoms with Gasteiger partial charge in [-0.2, -0.15) is 39.0 Å². The molecule has 0 aromatic heterocycles. The van der Waals surface area contributed by atoms with Crippen molar-refractivity contribution < 1.29 is 30.7 Å². The Labute approximate surface area is 79.3 Å². The second kappa shape index (κ2) is 3.41. The molecule has 2 atom stereocenters. The average molecular weight is 248 g/mol.